The van der Waals surface area contributed by atoms with Gasteiger partial charge in [0.25, 0.3) is 0 Å². The van der Waals surface area contributed by atoms with Crippen LogP contribution in [0.2, 0.25) is 0 Å². The summed E-state index contributed by atoms with van der Waals surface area (Å²) in [6.07, 6.45) is 6.45. The second-order valence-electron chi connectivity index (χ2n) is 6.46. The molecule has 118 valence electrons. The molecule has 1 aromatic heterocycles. The molecule has 2 saturated heterocycles. The smallest absolute Gasteiger partial charge is 0.0928 e. The number of piperazine rings is 1. The number of hydrogen-bond acceptors (Lipinski definition) is 4. The van der Waals surface area contributed by atoms with E-state index in [-0.39, 0.29) is 0 Å². The molecular formula is C16H26ClN3S. The lowest BCUT2D eigenvalue weighted by molar-refractivity contribution is 0.0585. The van der Waals surface area contributed by atoms with Crippen LogP contribution in [0.1, 0.15) is 43.3 Å². The maximum atomic E-state index is 5.80. The van der Waals surface area contributed by atoms with Gasteiger partial charge in [-0.2, -0.15) is 0 Å². The van der Waals surface area contributed by atoms with Gasteiger partial charge in [-0.25, -0.2) is 4.98 Å². The predicted octanol–water partition coefficient (Wildman–Crippen LogP) is 3.37. The number of hydrogen-bond donors (Lipinski definition) is 0. The van der Waals surface area contributed by atoms with E-state index < -0.39 is 0 Å². The molecule has 0 bridgehead atoms. The van der Waals surface area contributed by atoms with Crippen LogP contribution in [0.5, 0.6) is 0 Å². The van der Waals surface area contributed by atoms with Crippen molar-refractivity contribution < 1.29 is 0 Å². The normalized spacial score (nSPS) is 27.1. The van der Waals surface area contributed by atoms with E-state index in [0.717, 1.165) is 24.2 Å². The summed E-state index contributed by atoms with van der Waals surface area (Å²) in [5, 5.41) is 3.34. The third kappa shape index (κ3) is 3.98. The zero-order valence-corrected chi connectivity index (χ0v) is 14.5. The first-order valence-electron chi connectivity index (χ1n) is 8.23. The van der Waals surface area contributed by atoms with Crippen LogP contribution in [0.3, 0.4) is 0 Å². The number of thiazole rings is 1. The molecule has 0 aliphatic carbocycles. The quantitative estimate of drug-likeness (QED) is 0.590. The number of rotatable bonds is 6. The molecule has 5 heteroatoms. The number of halogens is 1. The molecule has 2 fully saturated rings. The first kappa shape index (κ1) is 15.7. The van der Waals surface area contributed by atoms with Gasteiger partial charge in [-0.15, -0.1) is 22.9 Å². The van der Waals surface area contributed by atoms with E-state index in [1.54, 1.807) is 11.3 Å². The highest BCUT2D eigenvalue weighted by atomic mass is 35.5. The highest BCUT2D eigenvalue weighted by Crippen LogP contribution is 2.24. The lowest BCUT2D eigenvalue weighted by Crippen LogP contribution is -2.54. The molecule has 21 heavy (non-hydrogen) atoms. The lowest BCUT2D eigenvalue weighted by Gasteiger charge is -2.42. The minimum atomic E-state index is 0.541. The Hall–Kier alpha value is -0.160. The summed E-state index contributed by atoms with van der Waals surface area (Å²) < 4.78 is 0. The van der Waals surface area contributed by atoms with Gasteiger partial charge < -0.3 is 0 Å². The number of aromatic nitrogens is 1. The Kier molecular flexibility index (Phi) is 5.54. The highest BCUT2D eigenvalue weighted by Gasteiger charge is 2.33. The van der Waals surface area contributed by atoms with Crippen LogP contribution in [-0.4, -0.2) is 53.0 Å². The van der Waals surface area contributed by atoms with Gasteiger partial charge in [0.05, 0.1) is 16.6 Å². The molecule has 1 aromatic rings. The van der Waals surface area contributed by atoms with Gasteiger partial charge in [0.2, 0.25) is 0 Å². The Balaban J connectivity index is 1.38. The van der Waals surface area contributed by atoms with Crippen molar-refractivity contribution in [3.63, 3.8) is 0 Å². The van der Waals surface area contributed by atoms with E-state index in [9.17, 15) is 0 Å². The zero-order chi connectivity index (χ0) is 14.7. The molecule has 0 spiro atoms. The van der Waals surface area contributed by atoms with Crippen LogP contribution in [-0.2, 0) is 12.3 Å². The first-order chi connectivity index (χ1) is 10.3. The van der Waals surface area contributed by atoms with Crippen LogP contribution in [0.4, 0.5) is 0 Å². The van der Waals surface area contributed by atoms with Crippen LogP contribution in [0.15, 0.2) is 5.38 Å². The monoisotopic (exact) mass is 327 g/mol. The van der Waals surface area contributed by atoms with E-state index >= 15 is 0 Å². The van der Waals surface area contributed by atoms with E-state index in [4.69, 9.17) is 11.6 Å². The van der Waals surface area contributed by atoms with Gasteiger partial charge in [0.15, 0.2) is 0 Å². The largest absolute Gasteiger partial charge is 0.298 e. The van der Waals surface area contributed by atoms with E-state index in [1.807, 2.05) is 0 Å². The second-order valence-corrected chi connectivity index (χ2v) is 7.67. The number of alkyl halides is 1. The molecule has 0 saturated carbocycles. The predicted molar refractivity (Wildman–Crippen MR) is 90.2 cm³/mol. The fourth-order valence-electron chi connectivity index (χ4n) is 3.68. The van der Waals surface area contributed by atoms with Crippen LogP contribution >= 0.6 is 22.9 Å². The molecule has 2 aliphatic heterocycles. The number of fused-ring (bicyclic) bond motifs is 1. The molecule has 2 unspecified atom stereocenters. The van der Waals surface area contributed by atoms with Crippen LogP contribution in [0.25, 0.3) is 0 Å². The Bertz CT molecular complexity index is 450. The topological polar surface area (TPSA) is 19.4 Å². The molecule has 3 nitrogen and oxygen atoms in total. The van der Waals surface area contributed by atoms with Gasteiger partial charge >= 0.3 is 0 Å². The van der Waals surface area contributed by atoms with Crippen LogP contribution < -0.4 is 0 Å². The van der Waals surface area contributed by atoms with Crippen molar-refractivity contribution in [3.8, 4) is 0 Å². The summed E-state index contributed by atoms with van der Waals surface area (Å²) in [5.74, 6) is 0.541. The zero-order valence-electron chi connectivity index (χ0n) is 12.9. The summed E-state index contributed by atoms with van der Waals surface area (Å²) in [6, 6.07) is 1.56. The van der Waals surface area contributed by atoms with Crippen molar-refractivity contribution in [2.45, 2.75) is 57.0 Å². The summed E-state index contributed by atoms with van der Waals surface area (Å²) >= 11 is 7.55. The number of aryl methyl sites for hydroxylation is 1. The van der Waals surface area contributed by atoms with Crippen LogP contribution in [0, 0.1) is 0 Å². The van der Waals surface area contributed by atoms with Gasteiger partial charge in [-0.05, 0) is 52.1 Å². The molecule has 3 heterocycles. The molecule has 0 radical (unpaired) electrons. The van der Waals surface area contributed by atoms with Gasteiger partial charge in [-0.1, -0.05) is 0 Å². The maximum absolute atomic E-state index is 5.80. The van der Waals surface area contributed by atoms with Crippen molar-refractivity contribution >= 4 is 22.9 Å². The van der Waals surface area contributed by atoms with Gasteiger partial charge in [0.1, 0.15) is 0 Å². The maximum Gasteiger partial charge on any atom is 0.0928 e. The summed E-state index contributed by atoms with van der Waals surface area (Å²) in [5.41, 5.74) is 1.03. The van der Waals surface area contributed by atoms with Crippen molar-refractivity contribution in [2.24, 2.45) is 0 Å². The van der Waals surface area contributed by atoms with E-state index in [1.165, 1.54) is 56.9 Å². The molecule has 2 atom stereocenters. The lowest BCUT2D eigenvalue weighted by atomic mass is 10.1. The average Bonchev–Trinajstić information content (AvgIpc) is 3.11. The Labute approximate surface area is 137 Å². The third-order valence-corrected chi connectivity index (χ3v) is 6.12. The fourth-order valence-corrected chi connectivity index (χ4v) is 4.74. The van der Waals surface area contributed by atoms with E-state index in [2.05, 4.69) is 27.1 Å². The molecule has 0 amide bonds. The van der Waals surface area contributed by atoms with Crippen molar-refractivity contribution in [1.82, 2.24) is 14.8 Å². The number of unbranched alkanes of at least 4 members (excludes halogenated alkanes) is 1. The fraction of sp³-hybridized carbons (Fsp3) is 0.812. The minimum Gasteiger partial charge on any atom is -0.298 e. The standard InChI is InChI=1S/C16H26ClN3S/c1-13-10-20-8-4-5-15(20)11-19(13)7-3-2-6-16-18-14(9-17)12-21-16/h12-13,15H,2-11H2,1H3. The molecule has 3 rings (SSSR count). The molecule has 2 aliphatic rings. The molecule has 0 aromatic carbocycles. The summed E-state index contributed by atoms with van der Waals surface area (Å²) in [7, 11) is 0. The molecular weight excluding hydrogens is 302 g/mol. The van der Waals surface area contributed by atoms with Crippen molar-refractivity contribution in [3.05, 3.63) is 16.1 Å². The Morgan fingerprint density at radius 3 is 3.10 bits per heavy atom. The first-order valence-corrected chi connectivity index (χ1v) is 9.65. The summed E-state index contributed by atoms with van der Waals surface area (Å²) in [4.78, 5) is 9.94. The third-order valence-electron chi connectivity index (χ3n) is 4.89. The van der Waals surface area contributed by atoms with Gasteiger partial charge in [-0.3, -0.25) is 9.80 Å². The van der Waals surface area contributed by atoms with E-state index in [0.29, 0.717) is 5.88 Å². The van der Waals surface area contributed by atoms with Crippen molar-refractivity contribution in [2.75, 3.05) is 26.2 Å². The Morgan fingerprint density at radius 1 is 1.38 bits per heavy atom. The minimum absolute atomic E-state index is 0.541. The average molecular weight is 328 g/mol. The summed E-state index contributed by atoms with van der Waals surface area (Å²) in [6.45, 7) is 7.53. The molecule has 0 N–H and O–H groups in total. The van der Waals surface area contributed by atoms with Gasteiger partial charge in [0, 0.05) is 30.6 Å². The highest BCUT2D eigenvalue weighted by molar-refractivity contribution is 7.09. The van der Waals surface area contributed by atoms with Crippen molar-refractivity contribution in [1.29, 1.82) is 0 Å². The Morgan fingerprint density at radius 2 is 2.29 bits per heavy atom. The SMILES string of the molecule is CC1CN2CCCC2CN1CCCCc1nc(CCl)cs1. The number of nitrogens with zero attached hydrogens (tertiary/aromatic N) is 3. The second kappa shape index (κ2) is 7.40.